The maximum Gasteiger partial charge on any atom is 0.164 e. The van der Waals surface area contributed by atoms with Crippen LogP contribution in [-0.2, 0) is 0 Å². The third-order valence-electron chi connectivity index (χ3n) is 8.98. The van der Waals surface area contributed by atoms with Gasteiger partial charge in [-0.1, -0.05) is 140 Å². The summed E-state index contributed by atoms with van der Waals surface area (Å²) in [6, 6.07) is 56.1. The minimum atomic E-state index is 0.592. The molecule has 0 bridgehead atoms. The molecule has 0 amide bonds. The summed E-state index contributed by atoms with van der Waals surface area (Å²) >= 11 is 0. The second kappa shape index (κ2) is 12.6. The summed E-state index contributed by atoms with van der Waals surface area (Å²) < 4.78 is 0. The van der Waals surface area contributed by atoms with Crippen molar-refractivity contribution in [3.8, 4) is 67.8 Å². The Bertz CT molecular complexity index is 2510. The number of aromatic nitrogens is 5. The monoisotopic (exact) mass is 639 g/mol. The van der Waals surface area contributed by atoms with Gasteiger partial charge in [-0.15, -0.1) is 0 Å². The molecule has 0 unspecified atom stereocenters. The van der Waals surface area contributed by atoms with Gasteiger partial charge < -0.3 is 0 Å². The topological polar surface area (TPSA) is 64.5 Å². The number of rotatable bonds is 6. The van der Waals surface area contributed by atoms with E-state index in [9.17, 15) is 0 Å². The van der Waals surface area contributed by atoms with Crippen LogP contribution in [0.25, 0.3) is 89.4 Å². The van der Waals surface area contributed by atoms with E-state index < -0.39 is 0 Å². The van der Waals surface area contributed by atoms with Crippen LogP contribution in [0.1, 0.15) is 0 Å². The molecule has 3 aromatic heterocycles. The van der Waals surface area contributed by atoms with E-state index in [0.717, 1.165) is 71.9 Å². The molecule has 0 radical (unpaired) electrons. The van der Waals surface area contributed by atoms with Gasteiger partial charge in [-0.05, 0) is 46.2 Å². The molecule has 9 aromatic rings. The van der Waals surface area contributed by atoms with Crippen LogP contribution >= 0.6 is 0 Å². The van der Waals surface area contributed by atoms with Gasteiger partial charge in [0.1, 0.15) is 0 Å². The van der Waals surface area contributed by atoms with E-state index in [1.54, 1.807) is 0 Å². The van der Waals surface area contributed by atoms with Crippen molar-refractivity contribution in [2.24, 2.45) is 0 Å². The van der Waals surface area contributed by atoms with Crippen molar-refractivity contribution in [3.05, 3.63) is 176 Å². The summed E-state index contributed by atoms with van der Waals surface area (Å²) in [6.45, 7) is 0. The lowest BCUT2D eigenvalue weighted by atomic mass is 10.0. The molecule has 9 rings (SSSR count). The quantitative estimate of drug-likeness (QED) is 0.181. The van der Waals surface area contributed by atoms with Crippen LogP contribution in [0, 0.1) is 0 Å². The molecule has 0 aliphatic rings. The van der Waals surface area contributed by atoms with Crippen molar-refractivity contribution in [3.63, 3.8) is 0 Å². The van der Waals surface area contributed by atoms with Gasteiger partial charge in [0.15, 0.2) is 17.5 Å². The molecule has 50 heavy (non-hydrogen) atoms. The van der Waals surface area contributed by atoms with Gasteiger partial charge in [-0.25, -0.2) is 15.0 Å². The molecule has 6 aromatic carbocycles. The number of nitrogens with zero attached hydrogens (tertiary/aromatic N) is 5. The Balaban J connectivity index is 1.15. The van der Waals surface area contributed by atoms with Crippen LogP contribution in [0.2, 0.25) is 0 Å². The average molecular weight is 640 g/mol. The molecule has 3 heterocycles. The number of pyridine rings is 2. The van der Waals surface area contributed by atoms with Crippen molar-refractivity contribution in [1.29, 1.82) is 0 Å². The maximum atomic E-state index is 5.07. The molecule has 0 saturated carbocycles. The Kier molecular flexibility index (Phi) is 7.41. The fourth-order valence-electron chi connectivity index (χ4n) is 6.32. The Hall–Kier alpha value is -6.85. The Morgan fingerprint density at radius 2 is 0.640 bits per heavy atom. The van der Waals surface area contributed by atoms with Gasteiger partial charge in [-0.3, -0.25) is 9.97 Å². The van der Waals surface area contributed by atoms with Gasteiger partial charge in [0.25, 0.3) is 0 Å². The van der Waals surface area contributed by atoms with E-state index >= 15 is 0 Å². The van der Waals surface area contributed by atoms with Crippen LogP contribution in [0.4, 0.5) is 0 Å². The molecule has 0 N–H and O–H groups in total. The lowest BCUT2D eigenvalue weighted by Gasteiger charge is -2.11. The highest BCUT2D eigenvalue weighted by molar-refractivity contribution is 5.87. The zero-order chi connectivity index (χ0) is 33.3. The first-order valence-electron chi connectivity index (χ1n) is 16.6. The van der Waals surface area contributed by atoms with Gasteiger partial charge in [-0.2, -0.15) is 0 Å². The van der Waals surface area contributed by atoms with Crippen molar-refractivity contribution in [2.75, 3.05) is 0 Å². The fourth-order valence-corrected chi connectivity index (χ4v) is 6.32. The molecular formula is C45H29N5. The summed E-state index contributed by atoms with van der Waals surface area (Å²) in [5.74, 6) is 1.79. The van der Waals surface area contributed by atoms with Crippen LogP contribution in [0.15, 0.2) is 176 Å². The molecule has 0 saturated heterocycles. The predicted molar refractivity (Wildman–Crippen MR) is 203 cm³/mol. The lowest BCUT2D eigenvalue weighted by Crippen LogP contribution is -2.00. The number of benzene rings is 6. The third-order valence-corrected chi connectivity index (χ3v) is 8.98. The van der Waals surface area contributed by atoms with E-state index in [0.29, 0.717) is 17.5 Å². The SMILES string of the molecule is c1ccc(-c2ccc(-c3nc(-c4cccc(-c5cc6ccccc6cn5)c4)nc(-c4cccc(-c5cc6ccccc6cn5)c4)n3)cc2)cc1. The van der Waals surface area contributed by atoms with Crippen LogP contribution < -0.4 is 0 Å². The van der Waals surface area contributed by atoms with Crippen molar-refractivity contribution < 1.29 is 0 Å². The molecule has 0 aliphatic heterocycles. The van der Waals surface area contributed by atoms with Crippen molar-refractivity contribution in [2.45, 2.75) is 0 Å². The Morgan fingerprint density at radius 3 is 1.16 bits per heavy atom. The fraction of sp³-hybridized carbons (Fsp3) is 0. The van der Waals surface area contributed by atoms with Crippen molar-refractivity contribution >= 4 is 21.5 Å². The van der Waals surface area contributed by atoms with E-state index in [1.807, 2.05) is 67.0 Å². The standard InChI is InChI=1S/C45H29N5/c1-2-10-30(11-3-1)31-20-22-32(23-21-31)43-48-44(37-18-8-16-35(24-37)41-26-33-12-4-6-14-39(33)28-46-41)50-45(49-43)38-19-9-17-36(25-38)42-27-34-13-5-7-15-40(34)29-47-42/h1-29H. The first kappa shape index (κ1) is 29.3. The smallest absolute Gasteiger partial charge is 0.164 e. The Morgan fingerprint density at radius 1 is 0.260 bits per heavy atom. The zero-order valence-electron chi connectivity index (χ0n) is 27.0. The normalized spacial score (nSPS) is 11.2. The molecule has 5 heteroatoms. The van der Waals surface area contributed by atoms with Crippen LogP contribution in [0.3, 0.4) is 0 Å². The summed E-state index contributed by atoms with van der Waals surface area (Å²) in [7, 11) is 0. The third kappa shape index (κ3) is 5.78. The maximum absolute atomic E-state index is 5.07. The molecule has 0 spiro atoms. The van der Waals surface area contributed by atoms with Gasteiger partial charge in [0, 0.05) is 51.0 Å². The van der Waals surface area contributed by atoms with E-state index in [-0.39, 0.29) is 0 Å². The number of fused-ring (bicyclic) bond motifs is 2. The molecule has 0 fully saturated rings. The highest BCUT2D eigenvalue weighted by Gasteiger charge is 2.15. The van der Waals surface area contributed by atoms with E-state index in [1.165, 1.54) is 0 Å². The minimum absolute atomic E-state index is 0.592. The average Bonchev–Trinajstić information content (AvgIpc) is 3.21. The predicted octanol–water partition coefficient (Wildman–Crippen LogP) is 11.0. The van der Waals surface area contributed by atoms with Crippen LogP contribution in [0.5, 0.6) is 0 Å². The lowest BCUT2D eigenvalue weighted by molar-refractivity contribution is 1.07. The minimum Gasteiger partial charge on any atom is -0.256 e. The number of hydrogen-bond donors (Lipinski definition) is 0. The van der Waals surface area contributed by atoms with Gasteiger partial charge in [0.05, 0.1) is 11.4 Å². The summed E-state index contributed by atoms with van der Waals surface area (Å²) in [6.07, 6.45) is 3.85. The second-order valence-corrected chi connectivity index (χ2v) is 12.2. The van der Waals surface area contributed by atoms with Crippen molar-refractivity contribution in [1.82, 2.24) is 24.9 Å². The highest BCUT2D eigenvalue weighted by atomic mass is 15.0. The summed E-state index contributed by atoms with van der Waals surface area (Å²) in [5.41, 5.74) is 8.76. The van der Waals surface area contributed by atoms with Crippen LogP contribution in [-0.4, -0.2) is 24.9 Å². The van der Waals surface area contributed by atoms with E-state index in [4.69, 9.17) is 24.9 Å². The summed E-state index contributed by atoms with van der Waals surface area (Å²) in [4.78, 5) is 24.7. The molecular weight excluding hydrogens is 611 g/mol. The molecule has 5 nitrogen and oxygen atoms in total. The zero-order valence-corrected chi connectivity index (χ0v) is 27.0. The Labute approximate surface area is 289 Å². The highest BCUT2D eigenvalue weighted by Crippen LogP contribution is 2.31. The molecule has 0 atom stereocenters. The largest absolute Gasteiger partial charge is 0.256 e. The summed E-state index contributed by atoms with van der Waals surface area (Å²) in [5, 5.41) is 4.51. The first-order chi connectivity index (χ1) is 24.7. The second-order valence-electron chi connectivity index (χ2n) is 12.2. The first-order valence-corrected chi connectivity index (χ1v) is 16.6. The molecule has 0 aliphatic carbocycles. The molecule has 234 valence electrons. The van der Waals surface area contributed by atoms with Gasteiger partial charge in [0.2, 0.25) is 0 Å². The van der Waals surface area contributed by atoms with E-state index in [2.05, 4.69) is 109 Å². The number of hydrogen-bond acceptors (Lipinski definition) is 5. The van der Waals surface area contributed by atoms with Gasteiger partial charge >= 0.3 is 0 Å².